The monoisotopic (exact) mass is 380 g/mol. The van der Waals surface area contributed by atoms with Crippen LogP contribution in [0.3, 0.4) is 0 Å². The molecule has 3 aliphatic heterocycles. The zero-order valence-corrected chi connectivity index (χ0v) is 16.8. The van der Waals surface area contributed by atoms with Crippen LogP contribution in [0.25, 0.3) is 0 Å². The van der Waals surface area contributed by atoms with Crippen LogP contribution in [-0.4, -0.2) is 58.9 Å². The Labute approximate surface area is 167 Å². The Morgan fingerprint density at radius 3 is 2.64 bits per heavy atom. The maximum Gasteiger partial charge on any atom is 0.137 e. The van der Waals surface area contributed by atoms with Gasteiger partial charge < -0.3 is 14.8 Å². The van der Waals surface area contributed by atoms with E-state index in [9.17, 15) is 0 Å². The lowest BCUT2D eigenvalue weighted by molar-refractivity contribution is 0.194. The van der Waals surface area contributed by atoms with Crippen molar-refractivity contribution in [2.24, 2.45) is 0 Å². The number of hydrogen-bond acceptors (Lipinski definition) is 5. The highest BCUT2D eigenvalue weighted by Gasteiger charge is 2.27. The summed E-state index contributed by atoms with van der Waals surface area (Å²) in [5.74, 6) is 2.89. The molecule has 5 rings (SSSR count). The smallest absolute Gasteiger partial charge is 0.137 e. The van der Waals surface area contributed by atoms with Crippen molar-refractivity contribution >= 4 is 5.69 Å². The number of hydrogen-bond donors (Lipinski definition) is 1. The summed E-state index contributed by atoms with van der Waals surface area (Å²) < 4.78 is 2.39. The largest absolute Gasteiger partial charge is 0.372 e. The van der Waals surface area contributed by atoms with E-state index in [4.69, 9.17) is 0 Å². The first-order valence-corrected chi connectivity index (χ1v) is 11.1. The zero-order valence-electron chi connectivity index (χ0n) is 16.8. The molecule has 0 aliphatic carbocycles. The van der Waals surface area contributed by atoms with Crippen molar-refractivity contribution in [1.29, 1.82) is 0 Å². The molecule has 0 bridgehead atoms. The maximum absolute atomic E-state index is 4.61. The van der Waals surface area contributed by atoms with Gasteiger partial charge in [-0.25, -0.2) is 0 Å². The highest BCUT2D eigenvalue weighted by Crippen LogP contribution is 2.28. The summed E-state index contributed by atoms with van der Waals surface area (Å²) in [7, 11) is 0. The first kappa shape index (κ1) is 18.1. The number of likely N-dealkylation sites (tertiary alicyclic amines) is 1. The molecule has 0 amide bonds. The molecule has 2 fully saturated rings. The summed E-state index contributed by atoms with van der Waals surface area (Å²) in [4.78, 5) is 5.11. The molecule has 1 N–H and O–H groups in total. The van der Waals surface area contributed by atoms with Crippen molar-refractivity contribution in [2.75, 3.05) is 44.2 Å². The van der Waals surface area contributed by atoms with Gasteiger partial charge in [-0.3, -0.25) is 4.90 Å². The molecular formula is C22H32N6. The van der Waals surface area contributed by atoms with E-state index in [2.05, 4.69) is 54.1 Å². The molecule has 4 heterocycles. The van der Waals surface area contributed by atoms with Crippen LogP contribution in [-0.2, 0) is 19.5 Å². The van der Waals surface area contributed by atoms with Crippen LogP contribution in [0.1, 0.15) is 48.8 Å². The van der Waals surface area contributed by atoms with Crippen molar-refractivity contribution in [3.05, 3.63) is 41.5 Å². The third kappa shape index (κ3) is 3.80. The number of piperidine rings is 1. The minimum Gasteiger partial charge on any atom is -0.372 e. The summed E-state index contributed by atoms with van der Waals surface area (Å²) >= 11 is 0. The van der Waals surface area contributed by atoms with Gasteiger partial charge >= 0.3 is 0 Å². The highest BCUT2D eigenvalue weighted by atomic mass is 15.3. The number of nitrogens with zero attached hydrogens (tertiary/aromatic N) is 5. The number of nitrogens with one attached hydrogen (secondary N) is 1. The third-order valence-electron chi connectivity index (χ3n) is 6.58. The van der Waals surface area contributed by atoms with Crippen molar-refractivity contribution in [1.82, 2.24) is 25.0 Å². The fourth-order valence-corrected chi connectivity index (χ4v) is 5.05. The Kier molecular flexibility index (Phi) is 5.32. The zero-order chi connectivity index (χ0) is 18.8. The number of aromatic nitrogens is 3. The number of benzene rings is 1. The fourth-order valence-electron chi connectivity index (χ4n) is 5.05. The van der Waals surface area contributed by atoms with Crippen molar-refractivity contribution in [3.8, 4) is 0 Å². The second kappa shape index (κ2) is 8.21. The van der Waals surface area contributed by atoms with Crippen LogP contribution in [0.15, 0.2) is 24.3 Å². The highest BCUT2D eigenvalue weighted by molar-refractivity contribution is 5.48. The summed E-state index contributed by atoms with van der Waals surface area (Å²) in [6.45, 7) is 8.80. The summed E-state index contributed by atoms with van der Waals surface area (Å²) in [5.41, 5.74) is 2.81. The SMILES string of the molecule is c1cc(N2CCCC2)ccc1CN1CCC[C@@H](c2nnc3n2CCNCC3)C1. The van der Waals surface area contributed by atoms with Gasteiger partial charge in [-0.2, -0.15) is 0 Å². The molecule has 1 aromatic carbocycles. The van der Waals surface area contributed by atoms with E-state index in [1.54, 1.807) is 0 Å². The predicted molar refractivity (Wildman–Crippen MR) is 112 cm³/mol. The van der Waals surface area contributed by atoms with Crippen LogP contribution in [0, 0.1) is 0 Å². The molecule has 1 atom stereocenters. The van der Waals surface area contributed by atoms with Crippen molar-refractivity contribution in [2.45, 2.75) is 51.1 Å². The van der Waals surface area contributed by atoms with Gasteiger partial charge in [-0.15, -0.1) is 10.2 Å². The van der Waals surface area contributed by atoms with Crippen LogP contribution in [0.5, 0.6) is 0 Å². The molecule has 6 nitrogen and oxygen atoms in total. The molecule has 0 saturated carbocycles. The van der Waals surface area contributed by atoms with E-state index in [0.29, 0.717) is 5.92 Å². The topological polar surface area (TPSA) is 49.2 Å². The lowest BCUT2D eigenvalue weighted by atomic mass is 9.96. The Bertz CT molecular complexity index is 777. The molecule has 3 aliphatic rings. The van der Waals surface area contributed by atoms with E-state index in [1.165, 1.54) is 62.4 Å². The average molecular weight is 381 g/mol. The molecule has 1 aromatic heterocycles. The van der Waals surface area contributed by atoms with E-state index in [1.807, 2.05) is 0 Å². The van der Waals surface area contributed by atoms with Crippen molar-refractivity contribution in [3.63, 3.8) is 0 Å². The van der Waals surface area contributed by atoms with E-state index in [-0.39, 0.29) is 0 Å². The molecule has 28 heavy (non-hydrogen) atoms. The predicted octanol–water partition coefficient (Wildman–Crippen LogP) is 2.40. The Balaban J connectivity index is 1.24. The van der Waals surface area contributed by atoms with Gasteiger partial charge in [0.25, 0.3) is 0 Å². The van der Waals surface area contributed by atoms with Gasteiger partial charge in [0, 0.05) is 63.8 Å². The van der Waals surface area contributed by atoms with Crippen molar-refractivity contribution < 1.29 is 0 Å². The van der Waals surface area contributed by atoms with Crippen LogP contribution >= 0.6 is 0 Å². The molecule has 6 heteroatoms. The van der Waals surface area contributed by atoms with Gasteiger partial charge in [-0.05, 0) is 49.9 Å². The quantitative estimate of drug-likeness (QED) is 0.883. The average Bonchev–Trinajstić information content (AvgIpc) is 3.35. The minimum absolute atomic E-state index is 0.511. The second-order valence-corrected chi connectivity index (χ2v) is 8.56. The van der Waals surface area contributed by atoms with E-state index < -0.39 is 0 Å². The number of anilines is 1. The molecule has 2 aromatic rings. The van der Waals surface area contributed by atoms with Crippen LogP contribution in [0.4, 0.5) is 5.69 Å². The lowest BCUT2D eigenvalue weighted by Crippen LogP contribution is -2.35. The molecule has 0 unspecified atom stereocenters. The standard InChI is InChI=1S/C22H32N6/c1-2-14-27(13-1)20-7-5-18(6-8-20)16-26-12-3-4-19(17-26)22-25-24-21-9-10-23-11-15-28(21)22/h5-8,19,23H,1-4,9-17H2/t19-/m1/s1. The molecule has 150 valence electrons. The third-order valence-corrected chi connectivity index (χ3v) is 6.58. The lowest BCUT2D eigenvalue weighted by Gasteiger charge is -2.32. The van der Waals surface area contributed by atoms with E-state index >= 15 is 0 Å². The number of fused-ring (bicyclic) bond motifs is 1. The Hall–Kier alpha value is -1.92. The second-order valence-electron chi connectivity index (χ2n) is 8.56. The first-order valence-electron chi connectivity index (χ1n) is 11.1. The Morgan fingerprint density at radius 1 is 0.929 bits per heavy atom. The van der Waals surface area contributed by atoms with Gasteiger partial charge in [0.05, 0.1) is 0 Å². The summed E-state index contributed by atoms with van der Waals surface area (Å²) in [6.07, 6.45) is 6.14. The van der Waals surface area contributed by atoms with Gasteiger partial charge in [-0.1, -0.05) is 12.1 Å². The minimum atomic E-state index is 0.511. The molecule has 0 radical (unpaired) electrons. The summed E-state index contributed by atoms with van der Waals surface area (Å²) in [5, 5.41) is 12.6. The van der Waals surface area contributed by atoms with Gasteiger partial charge in [0.15, 0.2) is 0 Å². The van der Waals surface area contributed by atoms with E-state index in [0.717, 1.165) is 45.0 Å². The van der Waals surface area contributed by atoms with Gasteiger partial charge in [0.1, 0.15) is 11.6 Å². The normalized spacial score (nSPS) is 23.6. The van der Waals surface area contributed by atoms with Gasteiger partial charge in [0.2, 0.25) is 0 Å². The molecular weight excluding hydrogens is 348 g/mol. The Morgan fingerprint density at radius 2 is 1.79 bits per heavy atom. The first-order chi connectivity index (χ1) is 13.9. The molecule has 0 spiro atoms. The fraction of sp³-hybridized carbons (Fsp3) is 0.636. The number of rotatable bonds is 4. The molecule has 2 saturated heterocycles. The summed E-state index contributed by atoms with van der Waals surface area (Å²) in [6, 6.07) is 9.28. The van der Waals surface area contributed by atoms with Crippen LogP contribution in [0.2, 0.25) is 0 Å². The maximum atomic E-state index is 4.61. The van der Waals surface area contributed by atoms with Crippen LogP contribution < -0.4 is 10.2 Å².